The van der Waals surface area contributed by atoms with E-state index in [0.717, 1.165) is 0 Å². The summed E-state index contributed by atoms with van der Waals surface area (Å²) in [6, 6.07) is 10.5. The number of rotatable bonds is 4. The molecule has 2 aromatic heterocycles. The standard InChI is InChI=1S/C15H13N5O2/c1-22-13-5-3-2-4-12(13)19-15(21)11-6-7-16-14(8-11)20-9-17-18-10-20/h2-10H,1H3,(H,19,21). The van der Waals surface area contributed by atoms with Gasteiger partial charge in [-0.3, -0.25) is 9.36 Å². The quantitative estimate of drug-likeness (QED) is 0.795. The molecule has 0 unspecified atom stereocenters. The van der Waals surface area contributed by atoms with Gasteiger partial charge in [0.1, 0.15) is 24.2 Å². The van der Waals surface area contributed by atoms with Crippen molar-refractivity contribution in [1.29, 1.82) is 0 Å². The second-order valence-electron chi connectivity index (χ2n) is 4.43. The number of pyridine rings is 1. The first kappa shape index (κ1) is 13.7. The summed E-state index contributed by atoms with van der Waals surface area (Å²) < 4.78 is 6.84. The lowest BCUT2D eigenvalue weighted by atomic mass is 10.2. The summed E-state index contributed by atoms with van der Waals surface area (Å²) >= 11 is 0. The molecule has 0 aliphatic carbocycles. The van der Waals surface area contributed by atoms with Gasteiger partial charge < -0.3 is 10.1 Å². The van der Waals surface area contributed by atoms with Gasteiger partial charge in [0.05, 0.1) is 12.8 Å². The summed E-state index contributed by atoms with van der Waals surface area (Å²) in [5.74, 6) is 0.919. The smallest absolute Gasteiger partial charge is 0.255 e. The molecule has 7 heteroatoms. The Morgan fingerprint density at radius 1 is 1.18 bits per heavy atom. The van der Waals surface area contributed by atoms with Crippen molar-refractivity contribution in [3.05, 3.63) is 60.8 Å². The number of hydrogen-bond acceptors (Lipinski definition) is 5. The fourth-order valence-electron chi connectivity index (χ4n) is 1.96. The van der Waals surface area contributed by atoms with Crippen LogP contribution >= 0.6 is 0 Å². The Hall–Kier alpha value is -3.22. The van der Waals surface area contributed by atoms with Crippen LogP contribution in [-0.4, -0.2) is 32.8 Å². The SMILES string of the molecule is COc1ccccc1NC(=O)c1ccnc(-n2cnnc2)c1. The number of aromatic nitrogens is 4. The molecule has 0 atom stereocenters. The first-order valence-electron chi connectivity index (χ1n) is 6.53. The maximum atomic E-state index is 12.4. The maximum Gasteiger partial charge on any atom is 0.255 e. The normalized spacial score (nSPS) is 10.2. The molecule has 7 nitrogen and oxygen atoms in total. The molecule has 0 aliphatic rings. The third-order valence-electron chi connectivity index (χ3n) is 3.05. The molecule has 1 aromatic carbocycles. The average Bonchev–Trinajstić information content (AvgIpc) is 3.10. The number of amides is 1. The maximum absolute atomic E-state index is 12.4. The number of benzene rings is 1. The summed E-state index contributed by atoms with van der Waals surface area (Å²) in [6.07, 6.45) is 4.60. The van der Waals surface area contributed by atoms with Gasteiger partial charge in [-0.05, 0) is 24.3 Å². The van der Waals surface area contributed by atoms with Gasteiger partial charge in [-0.1, -0.05) is 12.1 Å². The Kier molecular flexibility index (Phi) is 3.78. The largest absolute Gasteiger partial charge is 0.495 e. The van der Waals surface area contributed by atoms with Crippen LogP contribution < -0.4 is 10.1 Å². The molecule has 1 N–H and O–H groups in total. The summed E-state index contributed by atoms with van der Waals surface area (Å²) in [7, 11) is 1.56. The minimum atomic E-state index is -0.249. The van der Waals surface area contributed by atoms with Crippen LogP contribution in [0.1, 0.15) is 10.4 Å². The molecule has 1 amide bonds. The van der Waals surface area contributed by atoms with Gasteiger partial charge in [0.15, 0.2) is 0 Å². The third kappa shape index (κ3) is 2.78. The van der Waals surface area contributed by atoms with E-state index in [1.54, 1.807) is 42.1 Å². The van der Waals surface area contributed by atoms with Crippen LogP contribution in [0, 0.1) is 0 Å². The Morgan fingerprint density at radius 2 is 1.95 bits per heavy atom. The van der Waals surface area contributed by atoms with Crippen LogP contribution in [0.5, 0.6) is 5.75 Å². The highest BCUT2D eigenvalue weighted by molar-refractivity contribution is 6.05. The molecule has 0 saturated heterocycles. The third-order valence-corrected chi connectivity index (χ3v) is 3.05. The van der Waals surface area contributed by atoms with Crippen LogP contribution in [0.25, 0.3) is 5.82 Å². The van der Waals surface area contributed by atoms with Crippen molar-refractivity contribution in [2.45, 2.75) is 0 Å². The Balaban J connectivity index is 1.85. The molecule has 0 aliphatic heterocycles. The number of hydrogen-bond donors (Lipinski definition) is 1. The minimum absolute atomic E-state index is 0.249. The van der Waals surface area contributed by atoms with Gasteiger partial charge in [0.2, 0.25) is 0 Å². The lowest BCUT2D eigenvalue weighted by Crippen LogP contribution is -2.13. The molecule has 0 radical (unpaired) electrons. The van der Waals surface area contributed by atoms with E-state index < -0.39 is 0 Å². The fourth-order valence-corrected chi connectivity index (χ4v) is 1.96. The van der Waals surface area contributed by atoms with Gasteiger partial charge in [-0.15, -0.1) is 10.2 Å². The molecule has 22 heavy (non-hydrogen) atoms. The van der Waals surface area contributed by atoms with Crippen molar-refractivity contribution >= 4 is 11.6 Å². The topological polar surface area (TPSA) is 81.9 Å². The highest BCUT2D eigenvalue weighted by atomic mass is 16.5. The monoisotopic (exact) mass is 295 g/mol. The predicted octanol–water partition coefficient (Wildman–Crippen LogP) is 1.92. The van der Waals surface area contributed by atoms with E-state index in [4.69, 9.17) is 4.74 Å². The molecule has 110 valence electrons. The zero-order valence-electron chi connectivity index (χ0n) is 11.8. The predicted molar refractivity (Wildman–Crippen MR) is 80.1 cm³/mol. The van der Waals surface area contributed by atoms with Gasteiger partial charge in [0, 0.05) is 11.8 Å². The second-order valence-corrected chi connectivity index (χ2v) is 4.43. The van der Waals surface area contributed by atoms with Gasteiger partial charge in [0.25, 0.3) is 5.91 Å². The van der Waals surface area contributed by atoms with Crippen molar-refractivity contribution in [1.82, 2.24) is 19.7 Å². The molecule has 0 saturated carbocycles. The zero-order valence-corrected chi connectivity index (χ0v) is 11.8. The summed E-state index contributed by atoms with van der Waals surface area (Å²) in [5, 5.41) is 10.3. The van der Waals surface area contributed by atoms with E-state index in [1.165, 1.54) is 12.7 Å². The number of para-hydroxylation sites is 2. The lowest BCUT2D eigenvalue weighted by molar-refractivity contribution is 0.102. The minimum Gasteiger partial charge on any atom is -0.495 e. The Bertz CT molecular complexity index is 786. The van der Waals surface area contributed by atoms with E-state index in [9.17, 15) is 4.79 Å². The molecule has 2 heterocycles. The fraction of sp³-hybridized carbons (Fsp3) is 0.0667. The Labute approximate surface area is 126 Å². The number of methoxy groups -OCH3 is 1. The summed E-state index contributed by atoms with van der Waals surface area (Å²) in [6.45, 7) is 0. The number of carbonyl (C=O) groups is 1. The van der Waals surface area contributed by atoms with Crippen molar-refractivity contribution < 1.29 is 9.53 Å². The lowest BCUT2D eigenvalue weighted by Gasteiger charge is -2.10. The summed E-state index contributed by atoms with van der Waals surface area (Å²) in [5.41, 5.74) is 1.09. The Morgan fingerprint density at radius 3 is 2.73 bits per heavy atom. The number of carbonyl (C=O) groups excluding carboxylic acids is 1. The number of ether oxygens (including phenoxy) is 1. The van der Waals surface area contributed by atoms with Crippen molar-refractivity contribution in [2.24, 2.45) is 0 Å². The molecule has 0 spiro atoms. The molecule has 3 rings (SSSR count). The van der Waals surface area contributed by atoms with Gasteiger partial charge in [-0.25, -0.2) is 4.98 Å². The number of anilines is 1. The number of nitrogens with one attached hydrogen (secondary N) is 1. The van der Waals surface area contributed by atoms with Gasteiger partial charge >= 0.3 is 0 Å². The molecule has 0 fully saturated rings. The highest BCUT2D eigenvalue weighted by Crippen LogP contribution is 2.23. The van der Waals surface area contributed by atoms with E-state index in [-0.39, 0.29) is 5.91 Å². The van der Waals surface area contributed by atoms with Crippen LogP contribution in [0.2, 0.25) is 0 Å². The van der Waals surface area contributed by atoms with Crippen molar-refractivity contribution in [2.75, 3.05) is 12.4 Å². The van der Waals surface area contributed by atoms with E-state index in [0.29, 0.717) is 22.8 Å². The van der Waals surface area contributed by atoms with Crippen molar-refractivity contribution in [3.8, 4) is 11.6 Å². The zero-order chi connectivity index (χ0) is 15.4. The first-order valence-corrected chi connectivity index (χ1v) is 6.53. The van der Waals surface area contributed by atoms with E-state index in [1.807, 2.05) is 12.1 Å². The second kappa shape index (κ2) is 6.04. The van der Waals surface area contributed by atoms with E-state index in [2.05, 4.69) is 20.5 Å². The summed E-state index contributed by atoms with van der Waals surface area (Å²) in [4.78, 5) is 16.6. The van der Waals surface area contributed by atoms with Crippen molar-refractivity contribution in [3.63, 3.8) is 0 Å². The number of nitrogens with zero attached hydrogens (tertiary/aromatic N) is 4. The van der Waals surface area contributed by atoms with Gasteiger partial charge in [-0.2, -0.15) is 0 Å². The van der Waals surface area contributed by atoms with Crippen LogP contribution in [0.3, 0.4) is 0 Å². The molecular formula is C15H13N5O2. The van der Waals surface area contributed by atoms with E-state index >= 15 is 0 Å². The average molecular weight is 295 g/mol. The van der Waals surface area contributed by atoms with Crippen LogP contribution in [0.4, 0.5) is 5.69 Å². The van der Waals surface area contributed by atoms with Crippen LogP contribution in [0.15, 0.2) is 55.2 Å². The molecule has 3 aromatic rings. The highest BCUT2D eigenvalue weighted by Gasteiger charge is 2.10. The molecular weight excluding hydrogens is 282 g/mol. The first-order chi connectivity index (χ1) is 10.8. The molecule has 0 bridgehead atoms. The van der Waals surface area contributed by atoms with Crippen LogP contribution in [-0.2, 0) is 0 Å².